The van der Waals surface area contributed by atoms with Crippen molar-refractivity contribution in [2.75, 3.05) is 0 Å². The molecule has 1 heterocycles. The number of fused-ring (bicyclic) bond motifs is 3. The molecule has 2 radical (unpaired) electrons. The van der Waals surface area contributed by atoms with Gasteiger partial charge >= 0.3 is 0 Å². The lowest BCUT2D eigenvalue weighted by atomic mass is 9.90. The van der Waals surface area contributed by atoms with Crippen LogP contribution in [0.25, 0.3) is 31.3 Å². The fourth-order valence-corrected chi connectivity index (χ4v) is 3.78. The first-order valence-electron chi connectivity index (χ1n) is 6.59. The van der Waals surface area contributed by atoms with Crippen molar-refractivity contribution >= 4 is 44.8 Å². The van der Waals surface area contributed by atoms with Gasteiger partial charge in [-0.2, -0.15) is 0 Å². The second kappa shape index (κ2) is 4.50. The van der Waals surface area contributed by atoms with E-state index in [1.165, 1.54) is 31.3 Å². The minimum Gasteiger partial charge on any atom is -0.135 e. The summed E-state index contributed by atoms with van der Waals surface area (Å²) < 4.78 is 2.54. The summed E-state index contributed by atoms with van der Waals surface area (Å²) in [6, 6.07) is 23.2. The van der Waals surface area contributed by atoms with Crippen LogP contribution >= 0.6 is 11.3 Å². The Morgan fingerprint density at radius 3 is 2.40 bits per heavy atom. The molecule has 0 nitrogen and oxygen atoms in total. The van der Waals surface area contributed by atoms with E-state index in [1.807, 2.05) is 18.2 Å². The summed E-state index contributed by atoms with van der Waals surface area (Å²) >= 11 is 1.80. The zero-order chi connectivity index (χ0) is 13.5. The van der Waals surface area contributed by atoms with E-state index in [1.54, 1.807) is 11.3 Å². The monoisotopic (exact) mass is 270 g/mol. The molecule has 3 aromatic carbocycles. The predicted octanol–water partition coefficient (Wildman–Crippen LogP) is 4.52. The Labute approximate surface area is 123 Å². The van der Waals surface area contributed by atoms with Crippen molar-refractivity contribution < 1.29 is 0 Å². The van der Waals surface area contributed by atoms with Crippen LogP contribution in [0.5, 0.6) is 0 Å². The molecular weight excluding hydrogens is 259 g/mol. The molecule has 4 aromatic rings. The molecule has 0 atom stereocenters. The Morgan fingerprint density at radius 2 is 1.55 bits per heavy atom. The van der Waals surface area contributed by atoms with Crippen molar-refractivity contribution in [2.45, 2.75) is 0 Å². The lowest BCUT2D eigenvalue weighted by Gasteiger charge is -2.02. The molecule has 0 bridgehead atoms. The van der Waals surface area contributed by atoms with Gasteiger partial charge in [0, 0.05) is 14.8 Å². The molecule has 0 aliphatic rings. The third-order valence-corrected chi connectivity index (χ3v) is 4.77. The number of benzene rings is 3. The Morgan fingerprint density at radius 1 is 0.700 bits per heavy atom. The van der Waals surface area contributed by atoms with E-state index >= 15 is 0 Å². The van der Waals surface area contributed by atoms with E-state index in [0.29, 0.717) is 0 Å². The summed E-state index contributed by atoms with van der Waals surface area (Å²) in [5.74, 6) is 0. The fourth-order valence-electron chi connectivity index (χ4n) is 2.66. The molecule has 0 fully saturated rings. The molecule has 0 saturated carbocycles. The van der Waals surface area contributed by atoms with Crippen LogP contribution in [0, 0.1) is 0 Å². The Kier molecular flexibility index (Phi) is 2.64. The minimum atomic E-state index is 0.860. The normalized spacial score (nSPS) is 11.2. The Balaban J connectivity index is 2.06. The molecule has 0 aliphatic carbocycles. The van der Waals surface area contributed by atoms with Crippen LogP contribution < -0.4 is 5.46 Å². The highest BCUT2D eigenvalue weighted by molar-refractivity contribution is 7.26. The van der Waals surface area contributed by atoms with Crippen LogP contribution in [-0.4, -0.2) is 7.85 Å². The topological polar surface area (TPSA) is 0 Å². The minimum absolute atomic E-state index is 0.860. The summed E-state index contributed by atoms with van der Waals surface area (Å²) in [4.78, 5) is 0. The van der Waals surface area contributed by atoms with Crippen LogP contribution in [0.4, 0.5) is 0 Å². The van der Waals surface area contributed by atoms with Crippen LogP contribution in [0.2, 0.25) is 0 Å². The van der Waals surface area contributed by atoms with Gasteiger partial charge < -0.3 is 0 Å². The van der Waals surface area contributed by atoms with E-state index in [2.05, 4.69) is 48.5 Å². The zero-order valence-corrected chi connectivity index (χ0v) is 11.7. The molecule has 2 heteroatoms. The quantitative estimate of drug-likeness (QED) is 0.446. The summed E-state index contributed by atoms with van der Waals surface area (Å²) in [5.41, 5.74) is 3.34. The molecule has 0 saturated heterocycles. The molecule has 4 rings (SSSR count). The number of thiophene rings is 1. The summed E-state index contributed by atoms with van der Waals surface area (Å²) in [6.07, 6.45) is 0. The SMILES string of the molecule is [B]c1cccc2sc3ccc(-c4ccccc4)cc3c12. The number of hydrogen-bond donors (Lipinski definition) is 0. The maximum Gasteiger partial charge on any atom is 0.114 e. The Bertz CT molecular complexity index is 907. The van der Waals surface area contributed by atoms with Gasteiger partial charge in [-0.05, 0) is 34.7 Å². The lowest BCUT2D eigenvalue weighted by Crippen LogP contribution is -2.00. The van der Waals surface area contributed by atoms with Gasteiger partial charge in [0.05, 0.1) is 0 Å². The molecule has 0 aliphatic heterocycles. The molecule has 20 heavy (non-hydrogen) atoms. The first kappa shape index (κ1) is 11.7. The Hall–Kier alpha value is -2.06. The standard InChI is InChI=1S/C18H11BS/c19-15-7-4-8-17-18(15)14-11-13(9-10-16(14)20-17)12-5-2-1-3-6-12/h1-11H. The maximum absolute atomic E-state index is 6.16. The van der Waals surface area contributed by atoms with E-state index < -0.39 is 0 Å². The van der Waals surface area contributed by atoms with Crippen LogP contribution in [0.15, 0.2) is 66.7 Å². The number of hydrogen-bond acceptors (Lipinski definition) is 1. The van der Waals surface area contributed by atoms with Gasteiger partial charge in [-0.3, -0.25) is 0 Å². The molecule has 0 spiro atoms. The fraction of sp³-hybridized carbons (Fsp3) is 0. The van der Waals surface area contributed by atoms with Crippen molar-refractivity contribution in [3.63, 3.8) is 0 Å². The van der Waals surface area contributed by atoms with Gasteiger partial charge in [0.25, 0.3) is 0 Å². The third-order valence-electron chi connectivity index (χ3n) is 3.63. The first-order valence-corrected chi connectivity index (χ1v) is 7.41. The summed E-state index contributed by atoms with van der Waals surface area (Å²) in [6.45, 7) is 0. The second-order valence-electron chi connectivity index (χ2n) is 4.90. The van der Waals surface area contributed by atoms with Crippen LogP contribution in [0.3, 0.4) is 0 Å². The predicted molar refractivity (Wildman–Crippen MR) is 90.2 cm³/mol. The van der Waals surface area contributed by atoms with Crippen molar-refractivity contribution in [1.82, 2.24) is 0 Å². The first-order chi connectivity index (χ1) is 9.83. The average molecular weight is 270 g/mol. The van der Waals surface area contributed by atoms with Crippen LogP contribution in [-0.2, 0) is 0 Å². The average Bonchev–Trinajstić information content (AvgIpc) is 2.87. The van der Waals surface area contributed by atoms with Crippen molar-refractivity contribution in [3.8, 4) is 11.1 Å². The van der Waals surface area contributed by atoms with E-state index in [4.69, 9.17) is 7.85 Å². The molecule has 92 valence electrons. The van der Waals surface area contributed by atoms with Crippen molar-refractivity contribution in [1.29, 1.82) is 0 Å². The largest absolute Gasteiger partial charge is 0.135 e. The molecule has 0 N–H and O–H groups in total. The van der Waals surface area contributed by atoms with Crippen molar-refractivity contribution in [3.05, 3.63) is 66.7 Å². The van der Waals surface area contributed by atoms with E-state index in [-0.39, 0.29) is 0 Å². The zero-order valence-electron chi connectivity index (χ0n) is 10.8. The second-order valence-corrected chi connectivity index (χ2v) is 5.98. The smallest absolute Gasteiger partial charge is 0.114 e. The van der Waals surface area contributed by atoms with Gasteiger partial charge in [0.2, 0.25) is 0 Å². The van der Waals surface area contributed by atoms with Crippen LogP contribution in [0.1, 0.15) is 0 Å². The highest BCUT2D eigenvalue weighted by atomic mass is 32.1. The number of rotatable bonds is 1. The molecule has 1 aromatic heterocycles. The summed E-state index contributed by atoms with van der Waals surface area (Å²) in [5, 5.41) is 2.44. The molecule has 0 amide bonds. The van der Waals surface area contributed by atoms with E-state index in [9.17, 15) is 0 Å². The van der Waals surface area contributed by atoms with Gasteiger partial charge in [0.1, 0.15) is 7.85 Å². The highest BCUT2D eigenvalue weighted by Crippen LogP contribution is 2.35. The van der Waals surface area contributed by atoms with Gasteiger partial charge in [-0.25, -0.2) is 0 Å². The van der Waals surface area contributed by atoms with Gasteiger partial charge in [0.15, 0.2) is 0 Å². The third kappa shape index (κ3) is 1.76. The maximum atomic E-state index is 6.16. The lowest BCUT2D eigenvalue weighted by molar-refractivity contribution is 1.66. The molecular formula is C18H11BS. The molecule has 0 unspecified atom stereocenters. The van der Waals surface area contributed by atoms with E-state index in [0.717, 1.165) is 5.46 Å². The van der Waals surface area contributed by atoms with Crippen molar-refractivity contribution in [2.24, 2.45) is 0 Å². The van der Waals surface area contributed by atoms with Gasteiger partial charge in [-0.1, -0.05) is 54.0 Å². The van der Waals surface area contributed by atoms with Gasteiger partial charge in [-0.15, -0.1) is 11.3 Å². The highest BCUT2D eigenvalue weighted by Gasteiger charge is 2.08. The summed E-state index contributed by atoms with van der Waals surface area (Å²) in [7, 11) is 6.16.